The van der Waals surface area contributed by atoms with Crippen molar-refractivity contribution in [3.63, 3.8) is 0 Å². The van der Waals surface area contributed by atoms with Crippen LogP contribution in [0.15, 0.2) is 36.4 Å². The first kappa shape index (κ1) is 11.8. The minimum Gasteiger partial charge on any atom is -0.326 e. The summed E-state index contributed by atoms with van der Waals surface area (Å²) in [5, 5.41) is 12.8. The van der Waals surface area contributed by atoms with Gasteiger partial charge >= 0.3 is 0 Å². The molecule has 0 unspecified atom stereocenters. The van der Waals surface area contributed by atoms with E-state index < -0.39 is 0 Å². The highest BCUT2D eigenvalue weighted by molar-refractivity contribution is 5.38. The van der Waals surface area contributed by atoms with E-state index in [1.807, 2.05) is 37.3 Å². The molecule has 2 N–H and O–H groups in total. The molecular formula is C14H15N5. The van der Waals surface area contributed by atoms with Gasteiger partial charge in [0.25, 0.3) is 0 Å². The summed E-state index contributed by atoms with van der Waals surface area (Å²) < 4.78 is 1.79. The molecule has 3 rings (SSSR count). The average Bonchev–Trinajstić information content (AvgIpc) is 2.82. The van der Waals surface area contributed by atoms with Crippen LogP contribution in [-0.4, -0.2) is 19.8 Å². The van der Waals surface area contributed by atoms with Crippen LogP contribution in [0, 0.1) is 6.92 Å². The number of aryl methyl sites for hydroxylation is 1. The number of benzene rings is 1. The highest BCUT2D eigenvalue weighted by Crippen LogP contribution is 2.13. The lowest BCUT2D eigenvalue weighted by Gasteiger charge is -2.06. The molecule has 2 heterocycles. The third-order valence-electron chi connectivity index (χ3n) is 3.15. The molecule has 2 aromatic heterocycles. The molecule has 0 saturated heterocycles. The Morgan fingerprint density at radius 2 is 1.84 bits per heavy atom. The molecule has 0 aliphatic carbocycles. The maximum atomic E-state index is 5.76. The topological polar surface area (TPSA) is 69.1 Å². The maximum Gasteiger partial charge on any atom is 0.177 e. The van der Waals surface area contributed by atoms with Gasteiger partial charge < -0.3 is 5.73 Å². The second kappa shape index (κ2) is 4.78. The third kappa shape index (κ3) is 2.20. The maximum absolute atomic E-state index is 5.76. The first-order valence-corrected chi connectivity index (χ1v) is 6.22. The molecule has 0 aliphatic rings. The summed E-state index contributed by atoms with van der Waals surface area (Å²) in [6.07, 6.45) is 0.686. The Bertz CT molecular complexity index is 717. The van der Waals surface area contributed by atoms with E-state index in [0.29, 0.717) is 13.0 Å². The second-order valence-corrected chi connectivity index (χ2v) is 4.51. The Labute approximate surface area is 111 Å². The predicted molar refractivity (Wildman–Crippen MR) is 72.7 cm³/mol. The quantitative estimate of drug-likeness (QED) is 0.767. The normalized spacial score (nSPS) is 11.1. The Morgan fingerprint density at radius 3 is 2.63 bits per heavy atom. The fourth-order valence-electron chi connectivity index (χ4n) is 2.13. The molecule has 0 spiro atoms. The zero-order valence-electron chi connectivity index (χ0n) is 10.7. The zero-order valence-corrected chi connectivity index (χ0v) is 10.7. The number of nitrogens with two attached hydrogens (primary N) is 1. The number of hydrogen-bond acceptors (Lipinski definition) is 4. The van der Waals surface area contributed by atoms with Gasteiger partial charge in [0.15, 0.2) is 11.5 Å². The standard InChI is InChI=1S/C14H15N5/c1-10-6-7-13-16-17-14(19(13)18-10)8-11-4-2-3-5-12(11)9-15/h2-7H,8-9,15H2,1H3. The summed E-state index contributed by atoms with van der Waals surface area (Å²) in [6.45, 7) is 2.48. The van der Waals surface area contributed by atoms with Crippen molar-refractivity contribution in [2.24, 2.45) is 5.73 Å². The van der Waals surface area contributed by atoms with Crippen LogP contribution in [0.5, 0.6) is 0 Å². The summed E-state index contributed by atoms with van der Waals surface area (Å²) in [5.41, 5.74) is 9.77. The molecular weight excluding hydrogens is 238 g/mol. The molecule has 0 atom stereocenters. The third-order valence-corrected chi connectivity index (χ3v) is 3.15. The molecule has 0 fully saturated rings. The highest BCUT2D eigenvalue weighted by atomic mass is 15.4. The van der Waals surface area contributed by atoms with Crippen molar-refractivity contribution in [1.29, 1.82) is 0 Å². The Kier molecular flexibility index (Phi) is 2.97. The van der Waals surface area contributed by atoms with E-state index in [0.717, 1.165) is 22.7 Å². The van der Waals surface area contributed by atoms with Gasteiger partial charge in [-0.15, -0.1) is 10.2 Å². The smallest absolute Gasteiger partial charge is 0.177 e. The van der Waals surface area contributed by atoms with E-state index in [2.05, 4.69) is 21.4 Å². The second-order valence-electron chi connectivity index (χ2n) is 4.51. The molecule has 0 radical (unpaired) electrons. The lowest BCUT2D eigenvalue weighted by atomic mass is 10.0. The van der Waals surface area contributed by atoms with E-state index >= 15 is 0 Å². The molecule has 5 heteroatoms. The minimum atomic E-state index is 0.527. The molecule has 1 aromatic carbocycles. The molecule has 19 heavy (non-hydrogen) atoms. The first-order chi connectivity index (χ1) is 9.28. The van der Waals surface area contributed by atoms with E-state index in [1.165, 1.54) is 5.56 Å². The van der Waals surface area contributed by atoms with Gasteiger partial charge in [-0.25, -0.2) is 0 Å². The molecule has 3 aromatic rings. The van der Waals surface area contributed by atoms with Crippen LogP contribution < -0.4 is 5.73 Å². The van der Waals surface area contributed by atoms with E-state index in [9.17, 15) is 0 Å². The monoisotopic (exact) mass is 253 g/mol. The predicted octanol–water partition coefficient (Wildman–Crippen LogP) is 1.48. The van der Waals surface area contributed by atoms with Crippen molar-refractivity contribution in [3.8, 4) is 0 Å². The van der Waals surface area contributed by atoms with Gasteiger partial charge in [-0.2, -0.15) is 9.61 Å². The van der Waals surface area contributed by atoms with E-state index in [4.69, 9.17) is 5.73 Å². The molecule has 5 nitrogen and oxygen atoms in total. The lowest BCUT2D eigenvalue weighted by Crippen LogP contribution is -2.05. The summed E-state index contributed by atoms with van der Waals surface area (Å²) in [6, 6.07) is 12.0. The SMILES string of the molecule is Cc1ccc2nnc(Cc3ccccc3CN)n2n1. The number of hydrogen-bond donors (Lipinski definition) is 1. The molecule has 0 amide bonds. The fraction of sp³-hybridized carbons (Fsp3) is 0.214. The van der Waals surface area contributed by atoms with Gasteiger partial charge in [0, 0.05) is 13.0 Å². The van der Waals surface area contributed by atoms with Crippen molar-refractivity contribution >= 4 is 5.65 Å². The van der Waals surface area contributed by atoms with Gasteiger partial charge in [-0.05, 0) is 30.2 Å². The van der Waals surface area contributed by atoms with Crippen molar-refractivity contribution in [2.45, 2.75) is 19.9 Å². The summed E-state index contributed by atoms with van der Waals surface area (Å²) in [7, 11) is 0. The van der Waals surface area contributed by atoms with Crippen LogP contribution in [0.25, 0.3) is 5.65 Å². The van der Waals surface area contributed by atoms with Crippen molar-refractivity contribution in [3.05, 3.63) is 59.0 Å². The molecule has 0 saturated carbocycles. The summed E-state index contributed by atoms with van der Waals surface area (Å²) in [5.74, 6) is 0.833. The lowest BCUT2D eigenvalue weighted by molar-refractivity contribution is 0.815. The summed E-state index contributed by atoms with van der Waals surface area (Å²) >= 11 is 0. The summed E-state index contributed by atoms with van der Waals surface area (Å²) in [4.78, 5) is 0. The van der Waals surface area contributed by atoms with Crippen LogP contribution in [-0.2, 0) is 13.0 Å². The minimum absolute atomic E-state index is 0.527. The van der Waals surface area contributed by atoms with Crippen LogP contribution in [0.1, 0.15) is 22.6 Å². The van der Waals surface area contributed by atoms with Crippen molar-refractivity contribution in [2.75, 3.05) is 0 Å². The van der Waals surface area contributed by atoms with Gasteiger partial charge in [0.2, 0.25) is 0 Å². The van der Waals surface area contributed by atoms with Gasteiger partial charge in [-0.1, -0.05) is 24.3 Å². The van der Waals surface area contributed by atoms with Gasteiger partial charge in [-0.3, -0.25) is 0 Å². The number of nitrogens with zero attached hydrogens (tertiary/aromatic N) is 4. The molecule has 0 aliphatic heterocycles. The van der Waals surface area contributed by atoms with Crippen LogP contribution in [0.4, 0.5) is 0 Å². The van der Waals surface area contributed by atoms with Crippen molar-refractivity contribution in [1.82, 2.24) is 19.8 Å². The Balaban J connectivity index is 2.03. The molecule has 0 bridgehead atoms. The number of aromatic nitrogens is 4. The largest absolute Gasteiger partial charge is 0.326 e. The highest BCUT2D eigenvalue weighted by Gasteiger charge is 2.09. The molecule has 96 valence electrons. The van der Waals surface area contributed by atoms with E-state index in [-0.39, 0.29) is 0 Å². The van der Waals surface area contributed by atoms with Crippen LogP contribution in [0.2, 0.25) is 0 Å². The van der Waals surface area contributed by atoms with Gasteiger partial charge in [0.1, 0.15) is 0 Å². The van der Waals surface area contributed by atoms with Crippen LogP contribution in [0.3, 0.4) is 0 Å². The Morgan fingerprint density at radius 1 is 1.05 bits per heavy atom. The zero-order chi connectivity index (χ0) is 13.2. The number of rotatable bonds is 3. The van der Waals surface area contributed by atoms with Crippen molar-refractivity contribution < 1.29 is 0 Å². The fourth-order valence-corrected chi connectivity index (χ4v) is 2.13. The first-order valence-electron chi connectivity index (χ1n) is 6.22. The van der Waals surface area contributed by atoms with Gasteiger partial charge in [0.05, 0.1) is 5.69 Å². The van der Waals surface area contributed by atoms with Crippen LogP contribution >= 0.6 is 0 Å². The number of fused-ring (bicyclic) bond motifs is 1. The Hall–Kier alpha value is -2.27. The van der Waals surface area contributed by atoms with E-state index in [1.54, 1.807) is 4.52 Å². The average molecular weight is 253 g/mol.